The maximum absolute atomic E-state index is 12.8. The summed E-state index contributed by atoms with van der Waals surface area (Å²) in [7, 11) is 1.86. The van der Waals surface area contributed by atoms with E-state index < -0.39 is 0 Å². The van der Waals surface area contributed by atoms with E-state index in [1.807, 2.05) is 43.7 Å². The number of aromatic nitrogens is 3. The molecule has 1 N–H and O–H groups in total. The molecule has 1 aliphatic rings. The van der Waals surface area contributed by atoms with Crippen molar-refractivity contribution in [2.45, 2.75) is 58.2 Å². The highest BCUT2D eigenvalue weighted by molar-refractivity contribution is 7.99. The van der Waals surface area contributed by atoms with Gasteiger partial charge in [-0.3, -0.25) is 4.79 Å². The van der Waals surface area contributed by atoms with Crippen LogP contribution in [0.2, 0.25) is 0 Å². The van der Waals surface area contributed by atoms with Gasteiger partial charge in [0.25, 0.3) is 0 Å². The number of hydrogen-bond acceptors (Lipinski definition) is 8. The molecule has 0 saturated heterocycles. The summed E-state index contributed by atoms with van der Waals surface area (Å²) in [5.74, 6) is 1.10. The molecule has 2 aromatic heterocycles. The Balaban J connectivity index is 1.39. The number of carbonyl (C=O) groups is 2. The van der Waals surface area contributed by atoms with Crippen molar-refractivity contribution >= 4 is 40.0 Å². The Kier molecular flexibility index (Phi) is 8.12. The maximum atomic E-state index is 12.8. The van der Waals surface area contributed by atoms with E-state index in [1.165, 1.54) is 28.0 Å². The average molecular weight is 515 g/mol. The predicted molar refractivity (Wildman–Crippen MR) is 138 cm³/mol. The standard InChI is InChI=1S/C25H30N4O4S2/c1-5-32-24(31)21-17-11-6-7-12-18(17)35-23(21)26-20(30)14-34-25-28-27-19(29(25)4)13-33-22-15(2)9-8-10-16(22)3/h8-10H,5-7,11-14H2,1-4H3,(H,26,30). The lowest BCUT2D eigenvalue weighted by Gasteiger charge is -2.12. The minimum Gasteiger partial charge on any atom is -0.485 e. The number of thioether (sulfide) groups is 1. The number of anilines is 1. The molecule has 3 aromatic rings. The van der Waals surface area contributed by atoms with Crippen molar-refractivity contribution in [3.05, 3.63) is 51.2 Å². The van der Waals surface area contributed by atoms with Crippen molar-refractivity contribution in [1.82, 2.24) is 14.8 Å². The van der Waals surface area contributed by atoms with E-state index >= 15 is 0 Å². The summed E-state index contributed by atoms with van der Waals surface area (Å²) in [5.41, 5.74) is 3.69. The monoisotopic (exact) mass is 514 g/mol. The van der Waals surface area contributed by atoms with Crippen LogP contribution in [0.3, 0.4) is 0 Å². The Labute approximate surface area is 213 Å². The number of fused-ring (bicyclic) bond motifs is 1. The van der Waals surface area contributed by atoms with Crippen LogP contribution < -0.4 is 10.1 Å². The van der Waals surface area contributed by atoms with Gasteiger partial charge in [0.2, 0.25) is 5.91 Å². The average Bonchev–Trinajstić information content (AvgIpc) is 3.37. The van der Waals surface area contributed by atoms with Gasteiger partial charge in [0.1, 0.15) is 17.4 Å². The topological polar surface area (TPSA) is 95.3 Å². The van der Waals surface area contributed by atoms with Crippen molar-refractivity contribution in [2.75, 3.05) is 17.7 Å². The van der Waals surface area contributed by atoms with Crippen LogP contribution in [0.4, 0.5) is 5.00 Å². The van der Waals surface area contributed by atoms with Gasteiger partial charge in [-0.25, -0.2) is 4.79 Å². The van der Waals surface area contributed by atoms with Gasteiger partial charge < -0.3 is 19.4 Å². The van der Waals surface area contributed by atoms with Crippen LogP contribution in [0.5, 0.6) is 5.75 Å². The fraction of sp³-hybridized carbons (Fsp3) is 0.440. The molecule has 2 heterocycles. The number of esters is 1. The molecule has 4 rings (SSSR count). The summed E-state index contributed by atoms with van der Waals surface area (Å²) in [5, 5.41) is 12.6. The largest absolute Gasteiger partial charge is 0.485 e. The summed E-state index contributed by atoms with van der Waals surface area (Å²) >= 11 is 2.78. The van der Waals surface area contributed by atoms with Crippen LogP contribution in [0.15, 0.2) is 23.4 Å². The summed E-state index contributed by atoms with van der Waals surface area (Å²) in [6.07, 6.45) is 3.92. The third-order valence-corrected chi connectivity index (χ3v) is 8.14. The minimum atomic E-state index is -0.364. The van der Waals surface area contributed by atoms with Gasteiger partial charge in [-0.1, -0.05) is 30.0 Å². The summed E-state index contributed by atoms with van der Waals surface area (Å²) in [6.45, 7) is 6.39. The summed E-state index contributed by atoms with van der Waals surface area (Å²) < 4.78 is 13.1. The van der Waals surface area contributed by atoms with Crippen molar-refractivity contribution in [3.63, 3.8) is 0 Å². The molecule has 0 atom stereocenters. The predicted octanol–water partition coefficient (Wildman–Crippen LogP) is 4.86. The first-order valence-corrected chi connectivity index (χ1v) is 13.5. The van der Waals surface area contributed by atoms with E-state index in [0.717, 1.165) is 48.1 Å². The van der Waals surface area contributed by atoms with Crippen LogP contribution in [-0.4, -0.2) is 39.0 Å². The van der Waals surface area contributed by atoms with Gasteiger partial charge in [0.05, 0.1) is 17.9 Å². The van der Waals surface area contributed by atoms with E-state index in [0.29, 0.717) is 28.2 Å². The van der Waals surface area contributed by atoms with Gasteiger partial charge in [-0.05, 0) is 63.1 Å². The number of aryl methyl sites for hydroxylation is 3. The molecule has 0 radical (unpaired) electrons. The number of carbonyl (C=O) groups excluding carboxylic acids is 2. The van der Waals surface area contributed by atoms with Crippen molar-refractivity contribution in [3.8, 4) is 5.75 Å². The van der Waals surface area contributed by atoms with Crippen LogP contribution >= 0.6 is 23.1 Å². The van der Waals surface area contributed by atoms with E-state index in [1.54, 1.807) is 6.92 Å². The van der Waals surface area contributed by atoms with Gasteiger partial charge in [0, 0.05) is 11.9 Å². The highest BCUT2D eigenvalue weighted by atomic mass is 32.2. The van der Waals surface area contributed by atoms with E-state index in [-0.39, 0.29) is 24.2 Å². The van der Waals surface area contributed by atoms with Crippen LogP contribution in [0.25, 0.3) is 0 Å². The summed E-state index contributed by atoms with van der Waals surface area (Å²) in [4.78, 5) is 26.6. The molecule has 0 aliphatic heterocycles. The van der Waals surface area contributed by atoms with Gasteiger partial charge in [-0.2, -0.15) is 0 Å². The van der Waals surface area contributed by atoms with Crippen LogP contribution in [0.1, 0.15) is 57.5 Å². The fourth-order valence-corrected chi connectivity index (χ4v) is 6.15. The molecule has 0 unspecified atom stereocenters. The first-order chi connectivity index (χ1) is 16.9. The Morgan fingerprint density at radius 1 is 1.17 bits per heavy atom. The van der Waals surface area contributed by atoms with E-state index in [2.05, 4.69) is 15.5 Å². The first kappa shape index (κ1) is 25.2. The number of hydrogen-bond donors (Lipinski definition) is 1. The third-order valence-electron chi connectivity index (χ3n) is 5.92. The molecular formula is C25H30N4O4S2. The Morgan fingerprint density at radius 2 is 1.91 bits per heavy atom. The number of para-hydroxylation sites is 1. The number of amides is 1. The van der Waals surface area contributed by atoms with Crippen molar-refractivity contribution < 1.29 is 19.1 Å². The number of thiophene rings is 1. The number of ether oxygens (including phenoxy) is 2. The van der Waals surface area contributed by atoms with Crippen molar-refractivity contribution in [2.24, 2.45) is 7.05 Å². The first-order valence-electron chi connectivity index (χ1n) is 11.7. The molecule has 186 valence electrons. The number of nitrogens with one attached hydrogen (secondary N) is 1. The zero-order valence-electron chi connectivity index (χ0n) is 20.5. The summed E-state index contributed by atoms with van der Waals surface area (Å²) in [6, 6.07) is 6.02. The van der Waals surface area contributed by atoms with Crippen LogP contribution in [-0.2, 0) is 36.0 Å². The second-order valence-electron chi connectivity index (χ2n) is 8.44. The second kappa shape index (κ2) is 11.3. The smallest absolute Gasteiger partial charge is 0.341 e. The highest BCUT2D eigenvalue weighted by Gasteiger charge is 2.27. The molecular weight excluding hydrogens is 484 g/mol. The molecule has 10 heteroatoms. The zero-order valence-corrected chi connectivity index (χ0v) is 22.1. The number of benzene rings is 1. The number of nitrogens with zero attached hydrogens (tertiary/aromatic N) is 3. The van der Waals surface area contributed by atoms with Crippen molar-refractivity contribution in [1.29, 1.82) is 0 Å². The Morgan fingerprint density at radius 3 is 2.66 bits per heavy atom. The molecule has 1 amide bonds. The molecule has 1 aromatic carbocycles. The van der Waals surface area contributed by atoms with Crippen LogP contribution in [0, 0.1) is 13.8 Å². The third kappa shape index (κ3) is 5.70. The molecule has 0 saturated carbocycles. The molecule has 8 nitrogen and oxygen atoms in total. The Hall–Kier alpha value is -2.85. The van der Waals surface area contributed by atoms with E-state index in [4.69, 9.17) is 9.47 Å². The second-order valence-corrected chi connectivity index (χ2v) is 10.5. The van der Waals surface area contributed by atoms with E-state index in [9.17, 15) is 9.59 Å². The lowest BCUT2D eigenvalue weighted by atomic mass is 9.95. The molecule has 1 aliphatic carbocycles. The molecule has 35 heavy (non-hydrogen) atoms. The molecule has 0 fully saturated rings. The zero-order chi connectivity index (χ0) is 24.9. The minimum absolute atomic E-state index is 0.147. The maximum Gasteiger partial charge on any atom is 0.341 e. The fourth-order valence-electron chi connectivity index (χ4n) is 4.13. The van der Waals surface area contributed by atoms with Gasteiger partial charge in [0.15, 0.2) is 11.0 Å². The molecule has 0 bridgehead atoms. The normalized spacial score (nSPS) is 12.8. The highest BCUT2D eigenvalue weighted by Crippen LogP contribution is 2.38. The van der Waals surface area contributed by atoms with Gasteiger partial charge >= 0.3 is 5.97 Å². The quantitative estimate of drug-likeness (QED) is 0.322. The number of rotatable bonds is 9. The lowest BCUT2D eigenvalue weighted by Crippen LogP contribution is -2.17. The van der Waals surface area contributed by atoms with Gasteiger partial charge in [-0.15, -0.1) is 21.5 Å². The molecule has 0 spiro atoms. The Bertz CT molecular complexity index is 1210. The lowest BCUT2D eigenvalue weighted by molar-refractivity contribution is -0.113. The SMILES string of the molecule is CCOC(=O)c1c(NC(=O)CSc2nnc(COc3c(C)cccc3C)n2C)sc2c1CCCC2.